The highest BCUT2D eigenvalue weighted by Gasteiger charge is 2.31. The van der Waals surface area contributed by atoms with Gasteiger partial charge in [-0.05, 0) is 13.1 Å². The Kier molecular flexibility index (Phi) is 5.74. The zero-order valence-electron chi connectivity index (χ0n) is 13.3. The molecule has 1 aliphatic heterocycles. The lowest BCUT2D eigenvalue weighted by molar-refractivity contribution is -0.133. The van der Waals surface area contributed by atoms with Crippen LogP contribution in [0.25, 0.3) is 0 Å². The zero-order valence-corrected chi connectivity index (χ0v) is 13.3. The van der Waals surface area contributed by atoms with Crippen LogP contribution in [0.4, 0.5) is 0 Å². The van der Waals surface area contributed by atoms with Crippen molar-refractivity contribution in [3.05, 3.63) is 12.2 Å². The van der Waals surface area contributed by atoms with Crippen molar-refractivity contribution >= 4 is 5.91 Å². The molecule has 0 radical (unpaired) electrons. The van der Waals surface area contributed by atoms with E-state index < -0.39 is 6.23 Å². The summed E-state index contributed by atoms with van der Waals surface area (Å²) in [7, 11) is 1.93. The number of ether oxygens (including phenoxy) is 1. The van der Waals surface area contributed by atoms with Crippen LogP contribution in [0.1, 0.15) is 27.7 Å². The second-order valence-corrected chi connectivity index (χ2v) is 7.09. The lowest BCUT2D eigenvalue weighted by Crippen LogP contribution is -2.43. The van der Waals surface area contributed by atoms with Gasteiger partial charge in [0.2, 0.25) is 5.91 Å². The van der Waals surface area contributed by atoms with E-state index in [4.69, 9.17) is 4.74 Å². The normalized spacial score (nSPS) is 20.0. The monoisotopic (exact) mass is 284 g/mol. The number of rotatable bonds is 8. The van der Waals surface area contributed by atoms with E-state index in [0.29, 0.717) is 19.8 Å². The highest BCUT2D eigenvalue weighted by Crippen LogP contribution is 2.23. The quantitative estimate of drug-likeness (QED) is 0.698. The first kappa shape index (κ1) is 17.1. The van der Waals surface area contributed by atoms with Gasteiger partial charge in [0.15, 0.2) is 0 Å². The molecule has 1 unspecified atom stereocenters. The number of nitrogens with zero attached hydrogens (tertiary/aromatic N) is 1. The first-order chi connectivity index (χ1) is 9.17. The smallest absolute Gasteiger partial charge is 0.248 e. The Balaban J connectivity index is 2.40. The molecular formula is C15H28N2O3. The maximum Gasteiger partial charge on any atom is 0.248 e. The van der Waals surface area contributed by atoms with Crippen LogP contribution in [0.2, 0.25) is 0 Å². The number of hydrogen-bond donors (Lipinski definition) is 2. The minimum absolute atomic E-state index is 0.0787. The predicted molar refractivity (Wildman–Crippen MR) is 79.2 cm³/mol. The number of amides is 1. The minimum atomic E-state index is -0.803. The average molecular weight is 284 g/mol. The summed E-state index contributed by atoms with van der Waals surface area (Å²) in [6.07, 6.45) is 2.12. The molecule has 1 amide bonds. The topological polar surface area (TPSA) is 61.8 Å². The molecule has 5 nitrogen and oxygen atoms in total. The fourth-order valence-electron chi connectivity index (χ4n) is 2.31. The second-order valence-electron chi connectivity index (χ2n) is 7.09. The highest BCUT2D eigenvalue weighted by atomic mass is 16.5. The van der Waals surface area contributed by atoms with Crippen molar-refractivity contribution in [2.45, 2.75) is 33.9 Å². The zero-order chi connectivity index (χ0) is 15.4. The molecule has 1 heterocycles. The molecule has 0 saturated heterocycles. The molecule has 0 fully saturated rings. The molecule has 0 saturated carbocycles. The number of carbonyl (C=O) groups is 1. The van der Waals surface area contributed by atoms with E-state index in [1.165, 1.54) is 17.1 Å². The Hall–Kier alpha value is -0.910. The Morgan fingerprint density at radius 3 is 2.40 bits per heavy atom. The summed E-state index contributed by atoms with van der Waals surface area (Å²) in [6.45, 7) is 10.9. The Bertz CT molecular complexity index is 364. The molecule has 5 heteroatoms. The lowest BCUT2D eigenvalue weighted by Gasteiger charge is -2.33. The Morgan fingerprint density at radius 1 is 1.30 bits per heavy atom. The summed E-state index contributed by atoms with van der Waals surface area (Å²) in [4.78, 5) is 13.1. The fraction of sp³-hybridized carbons (Fsp3) is 0.800. The van der Waals surface area contributed by atoms with Crippen molar-refractivity contribution in [3.63, 3.8) is 0 Å². The number of aliphatic hydroxyl groups is 1. The van der Waals surface area contributed by atoms with Gasteiger partial charge < -0.3 is 20.1 Å². The summed E-state index contributed by atoms with van der Waals surface area (Å²) in [5.74, 6) is -0.138. The average Bonchev–Trinajstić information content (AvgIpc) is 2.59. The van der Waals surface area contributed by atoms with Gasteiger partial charge in [0.1, 0.15) is 6.23 Å². The number of hydrogen-bond acceptors (Lipinski definition) is 4. The Morgan fingerprint density at radius 2 is 1.90 bits per heavy atom. The molecule has 0 aliphatic carbocycles. The molecule has 1 aliphatic rings. The van der Waals surface area contributed by atoms with Crippen LogP contribution in [0.3, 0.4) is 0 Å². The summed E-state index contributed by atoms with van der Waals surface area (Å²) in [5.41, 5.74) is -0.117. The first-order valence-electron chi connectivity index (χ1n) is 7.06. The van der Waals surface area contributed by atoms with Crippen LogP contribution in [0.15, 0.2) is 12.2 Å². The van der Waals surface area contributed by atoms with E-state index in [1.807, 2.05) is 20.9 Å². The van der Waals surface area contributed by atoms with E-state index in [9.17, 15) is 9.90 Å². The van der Waals surface area contributed by atoms with Crippen molar-refractivity contribution in [1.82, 2.24) is 10.2 Å². The minimum Gasteiger partial charge on any atom is -0.380 e. The molecule has 116 valence electrons. The second kappa shape index (κ2) is 6.70. The van der Waals surface area contributed by atoms with Crippen LogP contribution in [0.5, 0.6) is 0 Å². The van der Waals surface area contributed by atoms with Gasteiger partial charge in [-0.15, -0.1) is 0 Å². The molecule has 1 rings (SSSR count). The van der Waals surface area contributed by atoms with Crippen LogP contribution in [-0.4, -0.2) is 55.5 Å². The van der Waals surface area contributed by atoms with Crippen molar-refractivity contribution in [2.24, 2.45) is 10.8 Å². The molecular weight excluding hydrogens is 256 g/mol. The van der Waals surface area contributed by atoms with Crippen LogP contribution in [-0.2, 0) is 9.53 Å². The van der Waals surface area contributed by atoms with Crippen molar-refractivity contribution in [1.29, 1.82) is 0 Å². The van der Waals surface area contributed by atoms with E-state index >= 15 is 0 Å². The van der Waals surface area contributed by atoms with Gasteiger partial charge >= 0.3 is 0 Å². The molecule has 20 heavy (non-hydrogen) atoms. The van der Waals surface area contributed by atoms with Crippen LogP contribution in [0, 0.1) is 10.8 Å². The third kappa shape index (κ3) is 5.23. The summed E-state index contributed by atoms with van der Waals surface area (Å²) in [5, 5.41) is 12.9. The molecule has 0 aromatic heterocycles. The molecule has 0 aromatic rings. The lowest BCUT2D eigenvalue weighted by atomic mass is 9.92. The summed E-state index contributed by atoms with van der Waals surface area (Å²) >= 11 is 0. The highest BCUT2D eigenvalue weighted by molar-refractivity contribution is 5.90. The van der Waals surface area contributed by atoms with E-state index in [2.05, 4.69) is 19.2 Å². The largest absolute Gasteiger partial charge is 0.380 e. The van der Waals surface area contributed by atoms with Crippen molar-refractivity contribution < 1.29 is 14.6 Å². The molecule has 0 aromatic carbocycles. The number of aliphatic hydroxyl groups excluding tert-OH is 1. The molecule has 1 atom stereocenters. The molecule has 2 N–H and O–H groups in total. The van der Waals surface area contributed by atoms with Crippen LogP contribution < -0.4 is 5.32 Å². The Labute approximate surface area is 122 Å². The predicted octanol–water partition coefficient (Wildman–Crippen LogP) is 0.992. The van der Waals surface area contributed by atoms with Gasteiger partial charge in [-0.3, -0.25) is 4.79 Å². The maximum absolute atomic E-state index is 11.6. The van der Waals surface area contributed by atoms with E-state index in [0.717, 1.165) is 6.54 Å². The van der Waals surface area contributed by atoms with Crippen LogP contribution >= 0.6 is 0 Å². The summed E-state index contributed by atoms with van der Waals surface area (Å²) in [6, 6.07) is 0. The van der Waals surface area contributed by atoms with E-state index in [-0.39, 0.29) is 16.7 Å². The molecule has 0 bridgehead atoms. The third-order valence-electron chi connectivity index (χ3n) is 3.25. The first-order valence-corrected chi connectivity index (χ1v) is 7.06. The van der Waals surface area contributed by atoms with Gasteiger partial charge in [0, 0.05) is 30.0 Å². The van der Waals surface area contributed by atoms with Gasteiger partial charge in [0.05, 0.1) is 13.2 Å². The van der Waals surface area contributed by atoms with Crippen molar-refractivity contribution in [2.75, 3.05) is 33.4 Å². The van der Waals surface area contributed by atoms with Gasteiger partial charge in [0.25, 0.3) is 0 Å². The van der Waals surface area contributed by atoms with E-state index in [1.54, 1.807) is 0 Å². The number of nitrogens with one attached hydrogen (secondary N) is 1. The maximum atomic E-state index is 11.6. The SMILES string of the molecule is CNCC(C)(C)COCC(C)(C)CN1C(=O)C=CC1O. The van der Waals surface area contributed by atoms with Gasteiger partial charge in [-0.2, -0.15) is 0 Å². The fourth-order valence-corrected chi connectivity index (χ4v) is 2.31. The standard InChI is InChI=1S/C15H28N2O3/c1-14(2,8-16-5)10-20-11-15(3,4)9-17-12(18)6-7-13(17)19/h6-7,12,16,18H,8-11H2,1-5H3. The van der Waals surface area contributed by atoms with Crippen molar-refractivity contribution in [3.8, 4) is 0 Å². The van der Waals surface area contributed by atoms with Gasteiger partial charge in [-0.1, -0.05) is 27.7 Å². The molecule has 0 spiro atoms. The number of carbonyl (C=O) groups excluding carboxylic acids is 1. The third-order valence-corrected chi connectivity index (χ3v) is 3.25. The van der Waals surface area contributed by atoms with Gasteiger partial charge in [-0.25, -0.2) is 0 Å². The summed E-state index contributed by atoms with van der Waals surface area (Å²) < 4.78 is 5.82.